The largest absolute Gasteiger partial charge is 0.516 e. The standard InChI is InChI=1S/C9H24N2O2Si/c1-5-8-9-11-14(10-4,12-6-2)13-7-3/h10-11H,5-9H2,1-4H3. The fourth-order valence-electron chi connectivity index (χ4n) is 1.21. The van der Waals surface area contributed by atoms with Crippen LogP contribution >= 0.6 is 0 Å². The second kappa shape index (κ2) is 8.37. The first kappa shape index (κ1) is 14.1. The van der Waals surface area contributed by atoms with Gasteiger partial charge in [0, 0.05) is 13.2 Å². The van der Waals surface area contributed by atoms with Crippen molar-refractivity contribution in [3.8, 4) is 0 Å². The molecule has 0 unspecified atom stereocenters. The Bertz CT molecular complexity index is 130. The van der Waals surface area contributed by atoms with Crippen LogP contribution in [0.2, 0.25) is 0 Å². The molecule has 0 rings (SSSR count). The maximum absolute atomic E-state index is 5.66. The molecule has 2 N–H and O–H groups in total. The summed E-state index contributed by atoms with van der Waals surface area (Å²) in [6.07, 6.45) is 2.33. The van der Waals surface area contributed by atoms with E-state index in [2.05, 4.69) is 16.9 Å². The summed E-state index contributed by atoms with van der Waals surface area (Å²) in [5.74, 6) is 0. The minimum absolute atomic E-state index is 0.673. The van der Waals surface area contributed by atoms with Gasteiger partial charge >= 0.3 is 8.88 Å². The smallest absolute Gasteiger partial charge is 0.371 e. The molecule has 86 valence electrons. The molecule has 4 nitrogen and oxygen atoms in total. The predicted octanol–water partition coefficient (Wildman–Crippen LogP) is 1.10. The van der Waals surface area contributed by atoms with Crippen LogP contribution in [0.4, 0.5) is 0 Å². The molecule has 0 heterocycles. The normalized spacial score (nSPS) is 12.0. The van der Waals surface area contributed by atoms with Crippen molar-refractivity contribution in [3.63, 3.8) is 0 Å². The average molecular weight is 220 g/mol. The van der Waals surface area contributed by atoms with Crippen LogP contribution in [-0.4, -0.2) is 35.7 Å². The maximum Gasteiger partial charge on any atom is 0.516 e. The second-order valence-electron chi connectivity index (χ2n) is 3.01. The van der Waals surface area contributed by atoms with Crippen molar-refractivity contribution >= 4 is 8.88 Å². The van der Waals surface area contributed by atoms with Gasteiger partial charge in [0.25, 0.3) is 0 Å². The van der Waals surface area contributed by atoms with E-state index in [1.165, 1.54) is 6.42 Å². The zero-order chi connectivity index (χ0) is 10.9. The van der Waals surface area contributed by atoms with Gasteiger partial charge in [-0.2, -0.15) is 0 Å². The lowest BCUT2D eigenvalue weighted by Gasteiger charge is -2.28. The Morgan fingerprint density at radius 2 is 1.64 bits per heavy atom. The van der Waals surface area contributed by atoms with E-state index in [0.717, 1.165) is 13.0 Å². The minimum Gasteiger partial charge on any atom is -0.371 e. The highest BCUT2D eigenvalue weighted by molar-refractivity contribution is 6.62. The molecule has 0 aromatic rings. The maximum atomic E-state index is 5.66. The van der Waals surface area contributed by atoms with Crippen molar-refractivity contribution in [1.29, 1.82) is 0 Å². The zero-order valence-corrected chi connectivity index (χ0v) is 10.9. The number of nitrogens with one attached hydrogen (secondary N) is 2. The predicted molar refractivity (Wildman–Crippen MR) is 61.0 cm³/mol. The van der Waals surface area contributed by atoms with Gasteiger partial charge in [0.05, 0.1) is 0 Å². The first-order chi connectivity index (χ1) is 6.74. The Labute approximate surface area is 88.8 Å². The molecule has 0 atom stereocenters. The van der Waals surface area contributed by atoms with Gasteiger partial charge in [-0.1, -0.05) is 13.3 Å². The van der Waals surface area contributed by atoms with Gasteiger partial charge < -0.3 is 8.85 Å². The summed E-state index contributed by atoms with van der Waals surface area (Å²) in [7, 11) is -0.421. The van der Waals surface area contributed by atoms with E-state index in [9.17, 15) is 0 Å². The van der Waals surface area contributed by atoms with Gasteiger partial charge in [0.15, 0.2) is 0 Å². The van der Waals surface area contributed by atoms with Crippen LogP contribution < -0.4 is 9.96 Å². The molecule has 0 aromatic heterocycles. The van der Waals surface area contributed by atoms with E-state index in [4.69, 9.17) is 8.85 Å². The van der Waals surface area contributed by atoms with Crippen molar-refractivity contribution in [2.24, 2.45) is 0 Å². The van der Waals surface area contributed by atoms with Gasteiger partial charge in [-0.3, -0.25) is 9.96 Å². The molecule has 0 bridgehead atoms. The quantitative estimate of drug-likeness (QED) is 0.451. The second-order valence-corrected chi connectivity index (χ2v) is 5.68. The van der Waals surface area contributed by atoms with Crippen LogP contribution in [0.15, 0.2) is 0 Å². The van der Waals surface area contributed by atoms with Crippen LogP contribution in [0.3, 0.4) is 0 Å². The Morgan fingerprint density at radius 1 is 1.07 bits per heavy atom. The molecule has 0 radical (unpaired) electrons. The molecule has 14 heavy (non-hydrogen) atoms. The highest BCUT2D eigenvalue weighted by Gasteiger charge is 2.36. The fourth-order valence-corrected chi connectivity index (χ4v) is 3.28. The first-order valence-electron chi connectivity index (χ1n) is 5.46. The van der Waals surface area contributed by atoms with Crippen LogP contribution in [0.25, 0.3) is 0 Å². The van der Waals surface area contributed by atoms with E-state index in [1.807, 2.05) is 20.9 Å². The van der Waals surface area contributed by atoms with Crippen LogP contribution in [0.1, 0.15) is 33.6 Å². The van der Waals surface area contributed by atoms with Gasteiger partial charge in [0.1, 0.15) is 0 Å². The molecule has 0 saturated carbocycles. The summed E-state index contributed by atoms with van der Waals surface area (Å²) in [6.45, 7) is 8.44. The average Bonchev–Trinajstić information content (AvgIpc) is 2.19. The van der Waals surface area contributed by atoms with Crippen LogP contribution in [0.5, 0.6) is 0 Å². The Hall–Kier alpha value is 0.0569. The van der Waals surface area contributed by atoms with Crippen molar-refractivity contribution in [2.75, 3.05) is 26.8 Å². The van der Waals surface area contributed by atoms with E-state index >= 15 is 0 Å². The van der Waals surface area contributed by atoms with E-state index in [1.54, 1.807) is 0 Å². The third kappa shape index (κ3) is 5.07. The number of hydrogen-bond donors (Lipinski definition) is 2. The lowest BCUT2D eigenvalue weighted by atomic mass is 10.3. The molecule has 0 aliphatic carbocycles. The Kier molecular flexibility index (Phi) is 8.41. The Balaban J connectivity index is 4.03. The summed E-state index contributed by atoms with van der Waals surface area (Å²) in [6, 6.07) is 0. The van der Waals surface area contributed by atoms with Crippen molar-refractivity contribution in [1.82, 2.24) is 9.96 Å². The molecule has 0 amide bonds. The summed E-state index contributed by atoms with van der Waals surface area (Å²) in [5, 5.41) is 0. The molecule has 0 spiro atoms. The summed E-state index contributed by atoms with van der Waals surface area (Å²) in [4.78, 5) is 6.53. The summed E-state index contributed by atoms with van der Waals surface area (Å²) < 4.78 is 11.3. The monoisotopic (exact) mass is 220 g/mol. The summed E-state index contributed by atoms with van der Waals surface area (Å²) in [5.41, 5.74) is 0. The molecule has 0 aliphatic heterocycles. The Morgan fingerprint density at radius 3 is 2.00 bits per heavy atom. The lowest BCUT2D eigenvalue weighted by molar-refractivity contribution is 0.162. The molecule has 5 heteroatoms. The van der Waals surface area contributed by atoms with Crippen LogP contribution in [-0.2, 0) is 8.85 Å². The fraction of sp³-hybridized carbons (Fsp3) is 1.00. The van der Waals surface area contributed by atoms with Crippen molar-refractivity contribution in [2.45, 2.75) is 33.6 Å². The highest BCUT2D eigenvalue weighted by atomic mass is 28.4. The SMILES string of the molecule is CCCCN[Si](NC)(OCC)OCC. The molecule has 0 fully saturated rings. The molecular weight excluding hydrogens is 196 g/mol. The molecule has 0 saturated heterocycles. The van der Waals surface area contributed by atoms with Crippen LogP contribution in [0, 0.1) is 0 Å². The molecule has 0 aromatic carbocycles. The van der Waals surface area contributed by atoms with Gasteiger partial charge in [-0.15, -0.1) is 0 Å². The van der Waals surface area contributed by atoms with E-state index in [-0.39, 0.29) is 0 Å². The summed E-state index contributed by atoms with van der Waals surface area (Å²) >= 11 is 0. The third-order valence-corrected chi connectivity index (χ3v) is 4.68. The topological polar surface area (TPSA) is 42.5 Å². The molecule has 0 aliphatic rings. The molecular formula is C9H24N2O2Si. The van der Waals surface area contributed by atoms with Crippen molar-refractivity contribution in [3.05, 3.63) is 0 Å². The van der Waals surface area contributed by atoms with Gasteiger partial charge in [0.2, 0.25) is 0 Å². The van der Waals surface area contributed by atoms with Gasteiger partial charge in [-0.25, -0.2) is 0 Å². The van der Waals surface area contributed by atoms with E-state index < -0.39 is 8.88 Å². The number of hydrogen-bond acceptors (Lipinski definition) is 4. The number of rotatable bonds is 9. The third-order valence-electron chi connectivity index (χ3n) is 1.91. The first-order valence-corrected chi connectivity index (χ1v) is 7.28. The van der Waals surface area contributed by atoms with Gasteiger partial charge in [-0.05, 0) is 33.9 Å². The zero-order valence-electron chi connectivity index (χ0n) is 9.85. The number of unbranched alkanes of at least 4 members (excludes halogenated alkanes) is 1. The minimum atomic E-state index is -2.31. The lowest BCUT2D eigenvalue weighted by Crippen LogP contribution is -2.66. The van der Waals surface area contributed by atoms with E-state index in [0.29, 0.717) is 13.2 Å². The highest BCUT2D eigenvalue weighted by Crippen LogP contribution is 1.99. The van der Waals surface area contributed by atoms with Crippen molar-refractivity contribution < 1.29 is 8.85 Å².